The van der Waals surface area contributed by atoms with E-state index in [9.17, 15) is 8.78 Å². The maximum Gasteiger partial charge on any atom is 0.227 e. The number of methoxy groups -OCH3 is 1. The van der Waals surface area contributed by atoms with E-state index in [0.29, 0.717) is 11.7 Å². The van der Waals surface area contributed by atoms with Crippen LogP contribution in [0.1, 0.15) is 16.7 Å². The van der Waals surface area contributed by atoms with Crippen LogP contribution in [0.3, 0.4) is 0 Å². The average molecular weight is 456 g/mol. The van der Waals surface area contributed by atoms with E-state index in [1.165, 1.54) is 31.1 Å². The Morgan fingerprint density at radius 2 is 1.76 bits per heavy atom. The van der Waals surface area contributed by atoms with E-state index in [1.54, 1.807) is 6.92 Å². The van der Waals surface area contributed by atoms with Crippen molar-refractivity contribution >= 4 is 11.6 Å². The third-order valence-electron chi connectivity index (χ3n) is 5.39. The topological polar surface area (TPSA) is 68.7 Å². The highest BCUT2D eigenvalue weighted by Crippen LogP contribution is 2.27. The zero-order chi connectivity index (χ0) is 23.2. The van der Waals surface area contributed by atoms with Gasteiger partial charge in [-0.3, -0.25) is 4.90 Å². The minimum Gasteiger partial charge on any atom is -0.494 e. The Labute approximate surface area is 191 Å². The summed E-state index contributed by atoms with van der Waals surface area (Å²) in [7, 11) is 1.33. The molecule has 1 saturated heterocycles. The zero-order valence-electron chi connectivity index (χ0n) is 18.6. The Morgan fingerprint density at radius 3 is 2.42 bits per heavy atom. The molecule has 4 rings (SSSR count). The van der Waals surface area contributed by atoms with Crippen molar-refractivity contribution in [3.8, 4) is 11.5 Å². The number of rotatable bonds is 8. The van der Waals surface area contributed by atoms with Crippen LogP contribution in [-0.4, -0.2) is 48.3 Å². The van der Waals surface area contributed by atoms with E-state index in [-0.39, 0.29) is 23.5 Å². The molecule has 2 heterocycles. The Kier molecular flexibility index (Phi) is 7.31. The van der Waals surface area contributed by atoms with Crippen molar-refractivity contribution in [2.45, 2.75) is 20.1 Å². The van der Waals surface area contributed by atoms with Gasteiger partial charge >= 0.3 is 0 Å². The monoisotopic (exact) mass is 456 g/mol. The first-order valence-electron chi connectivity index (χ1n) is 10.7. The normalized spacial score (nSPS) is 14.2. The molecule has 0 aliphatic carbocycles. The molecule has 3 aromatic rings. The lowest BCUT2D eigenvalue weighted by molar-refractivity contribution is 0.0342. The van der Waals surface area contributed by atoms with E-state index < -0.39 is 11.6 Å². The van der Waals surface area contributed by atoms with E-state index in [4.69, 9.17) is 14.2 Å². The number of anilines is 2. The molecule has 0 atom stereocenters. The lowest BCUT2D eigenvalue weighted by atomic mass is 10.1. The Morgan fingerprint density at radius 1 is 1.06 bits per heavy atom. The molecule has 33 heavy (non-hydrogen) atoms. The number of morpholine rings is 1. The van der Waals surface area contributed by atoms with Gasteiger partial charge in [0.05, 0.1) is 38.3 Å². The molecule has 0 radical (unpaired) electrons. The molecule has 174 valence electrons. The minimum absolute atomic E-state index is 0.0285. The van der Waals surface area contributed by atoms with Crippen LogP contribution in [0.25, 0.3) is 0 Å². The fraction of sp³-hybridized carbons (Fsp3) is 0.333. The van der Waals surface area contributed by atoms with Crippen molar-refractivity contribution in [3.63, 3.8) is 0 Å². The molecule has 1 N–H and O–H groups in total. The van der Waals surface area contributed by atoms with Crippen molar-refractivity contribution in [2.75, 3.05) is 38.7 Å². The number of halogens is 2. The SMILES string of the molecule is COc1cc(C)c(F)c(COc2cnc(Nc3ccc(CN4CCOCC4)cc3)nc2)c1F. The van der Waals surface area contributed by atoms with Crippen molar-refractivity contribution in [1.29, 1.82) is 0 Å². The number of benzene rings is 2. The molecule has 0 amide bonds. The molecule has 0 spiro atoms. The maximum atomic E-state index is 14.4. The van der Waals surface area contributed by atoms with E-state index in [1.807, 2.05) is 12.1 Å². The fourth-order valence-corrected chi connectivity index (χ4v) is 3.53. The quantitative estimate of drug-likeness (QED) is 0.544. The predicted molar refractivity (Wildman–Crippen MR) is 120 cm³/mol. The Balaban J connectivity index is 1.34. The van der Waals surface area contributed by atoms with Gasteiger partial charge in [-0.15, -0.1) is 0 Å². The van der Waals surface area contributed by atoms with E-state index in [0.717, 1.165) is 38.5 Å². The van der Waals surface area contributed by atoms with E-state index in [2.05, 4.69) is 32.3 Å². The van der Waals surface area contributed by atoms with Gasteiger partial charge in [-0.05, 0) is 36.2 Å². The Bertz CT molecular complexity index is 1070. The van der Waals surface area contributed by atoms with Crippen molar-refractivity contribution in [3.05, 3.63) is 71.1 Å². The molecule has 9 heteroatoms. The smallest absolute Gasteiger partial charge is 0.227 e. The lowest BCUT2D eigenvalue weighted by Crippen LogP contribution is -2.35. The average Bonchev–Trinajstić information content (AvgIpc) is 2.84. The van der Waals surface area contributed by atoms with Crippen LogP contribution < -0.4 is 14.8 Å². The summed E-state index contributed by atoms with van der Waals surface area (Å²) in [6.07, 6.45) is 2.90. The van der Waals surface area contributed by atoms with Gasteiger partial charge in [-0.25, -0.2) is 18.7 Å². The fourth-order valence-electron chi connectivity index (χ4n) is 3.53. The van der Waals surface area contributed by atoms with Crippen LogP contribution in [0, 0.1) is 18.6 Å². The van der Waals surface area contributed by atoms with Crippen LogP contribution in [0.15, 0.2) is 42.7 Å². The van der Waals surface area contributed by atoms with Gasteiger partial charge in [0.15, 0.2) is 17.3 Å². The van der Waals surface area contributed by atoms with Crippen LogP contribution in [-0.2, 0) is 17.9 Å². The second kappa shape index (κ2) is 10.5. The molecule has 1 aliphatic rings. The molecule has 7 nitrogen and oxygen atoms in total. The van der Waals surface area contributed by atoms with Crippen LogP contribution in [0.5, 0.6) is 11.5 Å². The summed E-state index contributed by atoms with van der Waals surface area (Å²) >= 11 is 0. The van der Waals surface area contributed by atoms with Gasteiger partial charge in [-0.2, -0.15) is 0 Å². The molecule has 2 aromatic carbocycles. The zero-order valence-corrected chi connectivity index (χ0v) is 18.6. The number of nitrogens with zero attached hydrogens (tertiary/aromatic N) is 3. The second-order valence-electron chi connectivity index (χ2n) is 7.74. The van der Waals surface area contributed by atoms with Gasteiger partial charge in [0.25, 0.3) is 0 Å². The summed E-state index contributed by atoms with van der Waals surface area (Å²) in [4.78, 5) is 10.8. The summed E-state index contributed by atoms with van der Waals surface area (Å²) < 4.78 is 44.5. The molecular weight excluding hydrogens is 430 g/mol. The lowest BCUT2D eigenvalue weighted by Gasteiger charge is -2.26. The van der Waals surface area contributed by atoms with E-state index >= 15 is 0 Å². The van der Waals surface area contributed by atoms with Crippen molar-refractivity contribution < 1.29 is 23.0 Å². The molecule has 0 bridgehead atoms. The molecule has 0 saturated carbocycles. The summed E-state index contributed by atoms with van der Waals surface area (Å²) in [5, 5.41) is 3.13. The first-order chi connectivity index (χ1) is 16.0. The van der Waals surface area contributed by atoms with Crippen LogP contribution >= 0.6 is 0 Å². The number of ether oxygens (including phenoxy) is 3. The summed E-state index contributed by atoms with van der Waals surface area (Å²) in [6.45, 7) is 5.56. The molecule has 1 fully saturated rings. The van der Waals surface area contributed by atoms with Crippen molar-refractivity contribution in [2.24, 2.45) is 0 Å². The maximum absolute atomic E-state index is 14.4. The van der Waals surface area contributed by atoms with Gasteiger partial charge in [0, 0.05) is 25.3 Å². The van der Waals surface area contributed by atoms with Gasteiger partial charge < -0.3 is 19.5 Å². The second-order valence-corrected chi connectivity index (χ2v) is 7.74. The summed E-state index contributed by atoms with van der Waals surface area (Å²) in [6, 6.07) is 9.39. The minimum atomic E-state index is -0.781. The summed E-state index contributed by atoms with van der Waals surface area (Å²) in [5.74, 6) is -0.792. The van der Waals surface area contributed by atoms with Gasteiger partial charge in [0.1, 0.15) is 12.4 Å². The largest absolute Gasteiger partial charge is 0.494 e. The molecule has 0 unspecified atom stereocenters. The molecule has 1 aromatic heterocycles. The first kappa shape index (κ1) is 22.9. The highest BCUT2D eigenvalue weighted by Gasteiger charge is 2.18. The number of hydrogen-bond donors (Lipinski definition) is 1. The number of hydrogen-bond acceptors (Lipinski definition) is 7. The van der Waals surface area contributed by atoms with Gasteiger partial charge in [-0.1, -0.05) is 12.1 Å². The third-order valence-corrected chi connectivity index (χ3v) is 5.39. The number of nitrogens with one attached hydrogen (secondary N) is 1. The standard InChI is InChI=1S/C24H26F2N4O3/c1-16-11-21(31-2)23(26)20(22(16)25)15-33-19-12-27-24(28-13-19)29-18-5-3-17(4-6-18)14-30-7-9-32-10-8-30/h3-6,11-13H,7-10,14-15H2,1-2H3,(H,27,28,29). The van der Waals surface area contributed by atoms with Gasteiger partial charge in [0.2, 0.25) is 5.95 Å². The Hall–Kier alpha value is -3.30. The highest BCUT2D eigenvalue weighted by atomic mass is 19.1. The van der Waals surface area contributed by atoms with Crippen molar-refractivity contribution in [1.82, 2.24) is 14.9 Å². The molecule has 1 aliphatic heterocycles. The van der Waals surface area contributed by atoms with Crippen LogP contribution in [0.4, 0.5) is 20.4 Å². The van der Waals surface area contributed by atoms with Crippen LogP contribution in [0.2, 0.25) is 0 Å². The predicted octanol–water partition coefficient (Wildman–Crippen LogP) is 4.23. The third kappa shape index (κ3) is 5.74. The summed E-state index contributed by atoms with van der Waals surface area (Å²) in [5.41, 5.74) is 2.15. The number of aryl methyl sites for hydroxylation is 1. The highest BCUT2D eigenvalue weighted by molar-refractivity contribution is 5.53. The first-order valence-corrected chi connectivity index (χ1v) is 10.7. The molecular formula is C24H26F2N4O3. The number of aromatic nitrogens is 2.